The Bertz CT molecular complexity index is 789. The average molecular weight is 430 g/mol. The van der Waals surface area contributed by atoms with Gasteiger partial charge < -0.3 is 14.8 Å². The van der Waals surface area contributed by atoms with Crippen LogP contribution >= 0.6 is 0 Å². The predicted molar refractivity (Wildman–Crippen MR) is 115 cm³/mol. The van der Waals surface area contributed by atoms with Gasteiger partial charge in [-0.2, -0.15) is 0 Å². The molecule has 0 aliphatic heterocycles. The van der Waals surface area contributed by atoms with Gasteiger partial charge in [-0.15, -0.1) is 0 Å². The minimum absolute atomic E-state index is 0.0550. The Kier molecular flexibility index (Phi) is 9.94. The van der Waals surface area contributed by atoms with Gasteiger partial charge >= 0.3 is 11.9 Å². The van der Waals surface area contributed by atoms with Gasteiger partial charge in [0.05, 0.1) is 13.7 Å². The van der Waals surface area contributed by atoms with Gasteiger partial charge in [0.15, 0.2) is 0 Å². The number of methoxy groups -OCH3 is 1. The lowest BCUT2D eigenvalue weighted by Gasteiger charge is -2.20. The molecule has 1 aliphatic carbocycles. The van der Waals surface area contributed by atoms with Gasteiger partial charge in [-0.05, 0) is 30.7 Å². The van der Waals surface area contributed by atoms with Crippen LogP contribution in [0.25, 0.3) is 0 Å². The van der Waals surface area contributed by atoms with E-state index in [0.29, 0.717) is 38.7 Å². The molecule has 168 valence electrons. The summed E-state index contributed by atoms with van der Waals surface area (Å²) >= 11 is 0. The Labute approximate surface area is 183 Å². The molecule has 0 bridgehead atoms. The van der Waals surface area contributed by atoms with E-state index >= 15 is 0 Å². The molecule has 0 spiro atoms. The van der Waals surface area contributed by atoms with E-state index in [0.717, 1.165) is 5.56 Å². The summed E-state index contributed by atoms with van der Waals surface area (Å²) in [4.78, 5) is 47.8. The summed E-state index contributed by atoms with van der Waals surface area (Å²) in [5.41, 5.74) is 0.922. The van der Waals surface area contributed by atoms with Crippen LogP contribution in [0.2, 0.25) is 0 Å². The van der Waals surface area contributed by atoms with Crippen molar-refractivity contribution < 1.29 is 28.7 Å². The Balaban J connectivity index is 1.88. The van der Waals surface area contributed by atoms with Crippen LogP contribution in [0.4, 0.5) is 0 Å². The van der Waals surface area contributed by atoms with Crippen LogP contribution < -0.4 is 5.32 Å². The van der Waals surface area contributed by atoms with Crippen LogP contribution in [0, 0.1) is 11.8 Å². The molecule has 1 aromatic rings. The molecule has 2 rings (SSSR count). The quantitative estimate of drug-likeness (QED) is 0.330. The topological polar surface area (TPSA) is 98.8 Å². The van der Waals surface area contributed by atoms with E-state index < -0.39 is 12.0 Å². The zero-order chi connectivity index (χ0) is 22.6. The van der Waals surface area contributed by atoms with Crippen molar-refractivity contribution in [2.45, 2.75) is 51.5 Å². The maximum Gasteiger partial charge on any atom is 0.328 e. The fraction of sp³-hybridized carbons (Fsp3) is 0.500. The molecular formula is C24H31NO6. The molecule has 1 aromatic carbocycles. The molecule has 7 heteroatoms. The van der Waals surface area contributed by atoms with E-state index in [2.05, 4.69) is 5.32 Å². The van der Waals surface area contributed by atoms with Gasteiger partial charge in [0.1, 0.15) is 11.8 Å². The van der Waals surface area contributed by atoms with Crippen LogP contribution in [0.5, 0.6) is 0 Å². The highest BCUT2D eigenvalue weighted by Crippen LogP contribution is 2.34. The third-order valence-electron chi connectivity index (χ3n) is 5.44. The number of Topliss-reactive ketones (excluding diaryl/α,β-unsaturated/α-hetero) is 1. The minimum Gasteiger partial charge on any atom is -0.467 e. The SMILES string of the molecule is COC(=O)[C@H](Cc1ccccc1)NC(=O)C[C@H]1CCC(=O)[C@@H]1CC=CCCOC(C)=O. The fourth-order valence-corrected chi connectivity index (χ4v) is 3.85. The first-order valence-corrected chi connectivity index (χ1v) is 10.6. The number of allylic oxidation sites excluding steroid dienone is 1. The molecule has 0 saturated heterocycles. The standard InChI is InChI=1S/C24H31NO6/c1-17(26)31-14-8-4-7-11-20-19(12-13-22(20)27)16-23(28)25-21(24(29)30-2)15-18-9-5-3-6-10-18/h3-7,9-10,19-21H,8,11-16H2,1-2H3,(H,25,28)/t19-,20-,21+/m1/s1. The fourth-order valence-electron chi connectivity index (χ4n) is 3.85. The molecule has 1 saturated carbocycles. The first-order chi connectivity index (χ1) is 14.9. The van der Waals surface area contributed by atoms with E-state index in [4.69, 9.17) is 9.47 Å². The van der Waals surface area contributed by atoms with Crippen LogP contribution in [-0.2, 0) is 35.1 Å². The van der Waals surface area contributed by atoms with Crippen molar-refractivity contribution in [2.75, 3.05) is 13.7 Å². The summed E-state index contributed by atoms with van der Waals surface area (Å²) in [5, 5.41) is 2.78. The van der Waals surface area contributed by atoms with Crippen LogP contribution in [0.3, 0.4) is 0 Å². The van der Waals surface area contributed by atoms with Crippen molar-refractivity contribution in [1.29, 1.82) is 0 Å². The Morgan fingerprint density at radius 1 is 1.19 bits per heavy atom. The lowest BCUT2D eigenvalue weighted by Crippen LogP contribution is -2.43. The predicted octanol–water partition coefficient (Wildman–Crippen LogP) is 2.77. The maximum absolute atomic E-state index is 12.7. The van der Waals surface area contributed by atoms with Crippen molar-refractivity contribution in [3.05, 3.63) is 48.0 Å². The highest BCUT2D eigenvalue weighted by Gasteiger charge is 2.35. The van der Waals surface area contributed by atoms with Crippen molar-refractivity contribution in [1.82, 2.24) is 5.32 Å². The molecule has 31 heavy (non-hydrogen) atoms. The number of nitrogens with one attached hydrogen (secondary N) is 1. The number of ether oxygens (including phenoxy) is 2. The minimum atomic E-state index is -0.767. The van der Waals surface area contributed by atoms with Crippen molar-refractivity contribution >= 4 is 23.6 Å². The van der Waals surface area contributed by atoms with Gasteiger partial charge in [-0.1, -0.05) is 42.5 Å². The zero-order valence-corrected chi connectivity index (χ0v) is 18.2. The lowest BCUT2D eigenvalue weighted by molar-refractivity contribution is -0.145. The molecule has 7 nitrogen and oxygen atoms in total. The summed E-state index contributed by atoms with van der Waals surface area (Å²) in [6.07, 6.45) is 6.62. The van der Waals surface area contributed by atoms with Gasteiger partial charge in [0.2, 0.25) is 5.91 Å². The number of hydrogen-bond donors (Lipinski definition) is 1. The number of rotatable bonds is 11. The maximum atomic E-state index is 12.7. The summed E-state index contributed by atoms with van der Waals surface area (Å²) < 4.78 is 9.71. The summed E-state index contributed by atoms with van der Waals surface area (Å²) in [5.74, 6) is -1.16. The highest BCUT2D eigenvalue weighted by atomic mass is 16.5. The number of amides is 1. The van der Waals surface area contributed by atoms with Crippen LogP contribution in [0.1, 0.15) is 44.6 Å². The first-order valence-electron chi connectivity index (χ1n) is 10.6. The zero-order valence-electron chi connectivity index (χ0n) is 18.2. The molecular weight excluding hydrogens is 398 g/mol. The van der Waals surface area contributed by atoms with Crippen molar-refractivity contribution in [2.24, 2.45) is 11.8 Å². The van der Waals surface area contributed by atoms with E-state index in [1.165, 1.54) is 14.0 Å². The second-order valence-electron chi connectivity index (χ2n) is 7.74. The third-order valence-corrected chi connectivity index (χ3v) is 5.44. The van der Waals surface area contributed by atoms with E-state index in [9.17, 15) is 19.2 Å². The number of hydrogen-bond acceptors (Lipinski definition) is 6. The highest BCUT2D eigenvalue weighted by molar-refractivity contribution is 5.87. The molecule has 1 aliphatic rings. The van der Waals surface area contributed by atoms with Crippen molar-refractivity contribution in [3.63, 3.8) is 0 Å². The molecule has 1 N–H and O–H groups in total. The number of carbonyl (C=O) groups excluding carboxylic acids is 4. The van der Waals surface area contributed by atoms with Gasteiger partial charge in [-0.25, -0.2) is 4.79 Å². The first kappa shape index (κ1) is 24.3. The number of esters is 2. The Morgan fingerprint density at radius 2 is 1.94 bits per heavy atom. The molecule has 0 unspecified atom stereocenters. The van der Waals surface area contributed by atoms with Gasteiger partial charge in [0.25, 0.3) is 0 Å². The summed E-state index contributed by atoms with van der Waals surface area (Å²) in [6.45, 7) is 1.67. The largest absolute Gasteiger partial charge is 0.467 e. The van der Waals surface area contributed by atoms with Crippen LogP contribution in [-0.4, -0.2) is 43.4 Å². The number of benzene rings is 1. The number of ketones is 1. The third kappa shape index (κ3) is 8.36. The lowest BCUT2D eigenvalue weighted by atomic mass is 9.89. The molecule has 3 atom stereocenters. The molecule has 0 heterocycles. The number of carbonyl (C=O) groups is 4. The monoisotopic (exact) mass is 429 g/mol. The van der Waals surface area contributed by atoms with Gasteiger partial charge in [0, 0.05) is 32.1 Å². The van der Waals surface area contributed by atoms with E-state index in [-0.39, 0.29) is 35.9 Å². The Morgan fingerprint density at radius 3 is 2.61 bits per heavy atom. The summed E-state index contributed by atoms with van der Waals surface area (Å²) in [6, 6.07) is 8.65. The smallest absolute Gasteiger partial charge is 0.328 e. The van der Waals surface area contributed by atoms with Crippen molar-refractivity contribution in [3.8, 4) is 0 Å². The van der Waals surface area contributed by atoms with Crippen LogP contribution in [0.15, 0.2) is 42.5 Å². The molecule has 1 fully saturated rings. The van der Waals surface area contributed by atoms with E-state index in [1.54, 1.807) is 0 Å². The average Bonchev–Trinajstić information content (AvgIpc) is 3.09. The summed E-state index contributed by atoms with van der Waals surface area (Å²) in [7, 11) is 1.30. The second-order valence-corrected chi connectivity index (χ2v) is 7.74. The molecule has 1 amide bonds. The molecule has 0 radical (unpaired) electrons. The normalized spacial score (nSPS) is 19.2. The van der Waals surface area contributed by atoms with E-state index in [1.807, 2.05) is 42.5 Å². The van der Waals surface area contributed by atoms with Gasteiger partial charge in [-0.3, -0.25) is 14.4 Å². The molecule has 0 aromatic heterocycles. The Hall–Kier alpha value is -2.96. The second kappa shape index (κ2) is 12.7.